The number of H-pyrrole nitrogens is 1. The van der Waals surface area contributed by atoms with Crippen LogP contribution in [0.5, 0.6) is 0 Å². The monoisotopic (exact) mass is 305 g/mol. The molecule has 0 spiro atoms. The third kappa shape index (κ3) is 2.94. The maximum absolute atomic E-state index is 12.5. The highest BCUT2D eigenvalue weighted by Crippen LogP contribution is 2.27. The van der Waals surface area contributed by atoms with Gasteiger partial charge in [0.05, 0.1) is 31.0 Å². The Hall–Kier alpha value is -1.85. The van der Waals surface area contributed by atoms with E-state index in [0.717, 1.165) is 5.56 Å². The molecule has 1 aliphatic rings. The summed E-state index contributed by atoms with van der Waals surface area (Å²) >= 11 is 6.02. The van der Waals surface area contributed by atoms with E-state index in [0.29, 0.717) is 23.7 Å². The molecule has 1 aromatic carbocycles. The van der Waals surface area contributed by atoms with E-state index in [-0.39, 0.29) is 18.1 Å². The van der Waals surface area contributed by atoms with E-state index in [1.165, 1.54) is 0 Å². The van der Waals surface area contributed by atoms with Crippen molar-refractivity contribution in [3.05, 3.63) is 52.8 Å². The van der Waals surface area contributed by atoms with Gasteiger partial charge in [0, 0.05) is 11.2 Å². The normalized spacial score (nSPS) is 22.3. The van der Waals surface area contributed by atoms with Gasteiger partial charge in [-0.1, -0.05) is 23.7 Å². The maximum atomic E-state index is 12.5. The lowest BCUT2D eigenvalue weighted by atomic mass is 10.1. The van der Waals surface area contributed by atoms with Crippen LogP contribution < -0.4 is 0 Å². The smallest absolute Gasteiger partial charge is 0.257 e. The Morgan fingerprint density at radius 2 is 2.38 bits per heavy atom. The molecule has 0 saturated carbocycles. The lowest BCUT2D eigenvalue weighted by molar-refractivity contribution is -0.0486. The number of hydrogen-bond acceptors (Lipinski definition) is 3. The van der Waals surface area contributed by atoms with E-state index in [1.54, 1.807) is 12.4 Å². The van der Waals surface area contributed by atoms with Crippen LogP contribution in [-0.4, -0.2) is 40.2 Å². The first-order valence-corrected chi connectivity index (χ1v) is 7.20. The van der Waals surface area contributed by atoms with Crippen molar-refractivity contribution in [3.8, 4) is 0 Å². The average molecular weight is 306 g/mol. The molecule has 1 fully saturated rings. The number of carbonyl (C=O) groups excluding carboxylic acids is 1. The second kappa shape index (κ2) is 5.87. The molecule has 5 nitrogen and oxygen atoms in total. The van der Waals surface area contributed by atoms with E-state index in [2.05, 4.69) is 10.2 Å². The van der Waals surface area contributed by atoms with E-state index in [1.807, 2.05) is 36.1 Å². The molecule has 0 radical (unpaired) electrons. The van der Waals surface area contributed by atoms with Gasteiger partial charge in [-0.3, -0.25) is 9.89 Å². The van der Waals surface area contributed by atoms with Crippen molar-refractivity contribution in [2.45, 2.75) is 19.1 Å². The summed E-state index contributed by atoms with van der Waals surface area (Å²) in [6, 6.07) is 7.59. The molecule has 1 N–H and O–H groups in total. The lowest BCUT2D eigenvalue weighted by Gasteiger charge is -2.38. The number of nitrogens with one attached hydrogen (secondary N) is 1. The van der Waals surface area contributed by atoms with Crippen LogP contribution in [0.25, 0.3) is 0 Å². The van der Waals surface area contributed by atoms with Crippen LogP contribution in [0.1, 0.15) is 28.9 Å². The van der Waals surface area contributed by atoms with Crippen molar-refractivity contribution in [2.75, 3.05) is 13.2 Å². The highest BCUT2D eigenvalue weighted by Gasteiger charge is 2.31. The number of hydrogen-bond donors (Lipinski definition) is 1. The first-order valence-electron chi connectivity index (χ1n) is 6.82. The van der Waals surface area contributed by atoms with Gasteiger partial charge in [0.15, 0.2) is 0 Å². The Bertz CT molecular complexity index is 630. The molecule has 2 atom stereocenters. The van der Waals surface area contributed by atoms with Crippen molar-refractivity contribution in [3.63, 3.8) is 0 Å². The zero-order valence-corrected chi connectivity index (χ0v) is 12.4. The molecular weight excluding hydrogens is 290 g/mol. The van der Waals surface area contributed by atoms with Gasteiger partial charge in [0.2, 0.25) is 0 Å². The molecule has 110 valence electrons. The van der Waals surface area contributed by atoms with Crippen LogP contribution in [0, 0.1) is 0 Å². The Morgan fingerprint density at radius 1 is 1.52 bits per heavy atom. The highest BCUT2D eigenvalue weighted by molar-refractivity contribution is 6.30. The van der Waals surface area contributed by atoms with E-state index in [9.17, 15) is 4.79 Å². The van der Waals surface area contributed by atoms with Gasteiger partial charge in [0.1, 0.15) is 6.10 Å². The molecular formula is C15H16ClN3O2. The number of nitrogens with zero attached hydrogens (tertiary/aromatic N) is 2. The zero-order chi connectivity index (χ0) is 14.8. The predicted octanol–water partition coefficient (Wildman–Crippen LogP) is 2.67. The van der Waals surface area contributed by atoms with Crippen molar-refractivity contribution < 1.29 is 9.53 Å². The molecule has 2 heterocycles. The molecule has 6 heteroatoms. The summed E-state index contributed by atoms with van der Waals surface area (Å²) in [5.41, 5.74) is 1.55. The first-order chi connectivity index (χ1) is 10.1. The van der Waals surface area contributed by atoms with E-state index >= 15 is 0 Å². The van der Waals surface area contributed by atoms with Crippen LogP contribution in [-0.2, 0) is 4.74 Å². The topological polar surface area (TPSA) is 58.2 Å². The fraction of sp³-hybridized carbons (Fsp3) is 0.333. The number of aromatic amines is 1. The molecule has 3 rings (SSSR count). The van der Waals surface area contributed by atoms with Gasteiger partial charge in [0.25, 0.3) is 5.91 Å². The first kappa shape index (κ1) is 14.1. The number of aromatic nitrogens is 2. The van der Waals surface area contributed by atoms with Crippen LogP contribution in [0.3, 0.4) is 0 Å². The van der Waals surface area contributed by atoms with Gasteiger partial charge in [-0.25, -0.2) is 0 Å². The highest BCUT2D eigenvalue weighted by atomic mass is 35.5. The number of morpholine rings is 1. The largest absolute Gasteiger partial charge is 0.370 e. The minimum Gasteiger partial charge on any atom is -0.370 e. The van der Waals surface area contributed by atoms with Crippen molar-refractivity contribution >= 4 is 17.5 Å². The van der Waals surface area contributed by atoms with E-state index in [4.69, 9.17) is 16.3 Å². The summed E-state index contributed by atoms with van der Waals surface area (Å²) in [6.07, 6.45) is 2.99. The van der Waals surface area contributed by atoms with Crippen LogP contribution >= 0.6 is 11.6 Å². The second-order valence-corrected chi connectivity index (χ2v) is 5.61. The molecule has 21 heavy (non-hydrogen) atoms. The molecule has 0 unspecified atom stereocenters. The van der Waals surface area contributed by atoms with Crippen LogP contribution in [0.2, 0.25) is 5.02 Å². The van der Waals surface area contributed by atoms with Gasteiger partial charge in [-0.05, 0) is 24.6 Å². The number of benzene rings is 1. The fourth-order valence-corrected chi connectivity index (χ4v) is 2.68. The van der Waals surface area contributed by atoms with Crippen molar-refractivity contribution in [2.24, 2.45) is 0 Å². The number of rotatable bonds is 2. The Labute approximate surface area is 127 Å². The maximum Gasteiger partial charge on any atom is 0.257 e. The van der Waals surface area contributed by atoms with E-state index < -0.39 is 0 Å². The minimum atomic E-state index is -0.157. The predicted molar refractivity (Wildman–Crippen MR) is 79.2 cm³/mol. The Balaban J connectivity index is 1.80. The second-order valence-electron chi connectivity index (χ2n) is 5.17. The summed E-state index contributed by atoms with van der Waals surface area (Å²) in [4.78, 5) is 14.3. The molecule has 2 aromatic rings. The Kier molecular flexibility index (Phi) is 3.94. The van der Waals surface area contributed by atoms with Crippen molar-refractivity contribution in [1.82, 2.24) is 15.1 Å². The average Bonchev–Trinajstić information content (AvgIpc) is 3.01. The Morgan fingerprint density at radius 3 is 3.10 bits per heavy atom. The third-order valence-corrected chi connectivity index (χ3v) is 3.89. The summed E-state index contributed by atoms with van der Waals surface area (Å²) in [7, 11) is 0. The summed E-state index contributed by atoms with van der Waals surface area (Å²) in [5, 5.41) is 7.17. The summed E-state index contributed by atoms with van der Waals surface area (Å²) in [6.45, 7) is 2.98. The number of amides is 1. The van der Waals surface area contributed by atoms with Crippen LogP contribution in [0.4, 0.5) is 0 Å². The summed E-state index contributed by atoms with van der Waals surface area (Å²) < 4.78 is 5.85. The van der Waals surface area contributed by atoms with Gasteiger partial charge >= 0.3 is 0 Å². The quantitative estimate of drug-likeness (QED) is 0.928. The summed E-state index contributed by atoms with van der Waals surface area (Å²) in [5.74, 6) is -0.0356. The third-order valence-electron chi connectivity index (χ3n) is 3.66. The number of halogens is 1. The lowest BCUT2D eigenvalue weighted by Crippen LogP contribution is -2.48. The van der Waals surface area contributed by atoms with Crippen molar-refractivity contribution in [1.29, 1.82) is 0 Å². The minimum absolute atomic E-state index is 0.0304. The number of ether oxygens (including phenoxy) is 1. The SMILES string of the molecule is C[C@@H]1CO[C@@H](c2cccc(Cl)c2)CN1C(=O)c1cn[nH]c1. The van der Waals surface area contributed by atoms with Gasteiger partial charge in [-0.2, -0.15) is 5.10 Å². The molecule has 1 saturated heterocycles. The molecule has 0 aliphatic carbocycles. The molecule has 1 aromatic heterocycles. The number of carbonyl (C=O) groups is 1. The molecule has 1 aliphatic heterocycles. The molecule has 0 bridgehead atoms. The van der Waals surface area contributed by atoms with Gasteiger partial charge in [-0.15, -0.1) is 0 Å². The molecule has 1 amide bonds. The van der Waals surface area contributed by atoms with Crippen LogP contribution in [0.15, 0.2) is 36.7 Å². The standard InChI is InChI=1S/C15H16ClN3O2/c1-10-9-21-14(11-3-2-4-13(16)5-11)8-19(10)15(20)12-6-17-18-7-12/h2-7,10,14H,8-9H2,1H3,(H,17,18)/t10-,14-/m1/s1. The zero-order valence-electron chi connectivity index (χ0n) is 11.6. The fourth-order valence-electron chi connectivity index (χ4n) is 2.48. The van der Waals surface area contributed by atoms with Gasteiger partial charge < -0.3 is 9.64 Å².